The third kappa shape index (κ3) is 5.13. The molecule has 1 aromatic rings. The van der Waals surface area contributed by atoms with Crippen molar-refractivity contribution in [3.63, 3.8) is 0 Å². The van der Waals surface area contributed by atoms with Crippen molar-refractivity contribution in [3.05, 3.63) is 29.3 Å². The van der Waals surface area contributed by atoms with Gasteiger partial charge in [0.05, 0.1) is 12.7 Å². The van der Waals surface area contributed by atoms with Gasteiger partial charge in [0.15, 0.2) is 0 Å². The van der Waals surface area contributed by atoms with Crippen LogP contribution in [0.25, 0.3) is 0 Å². The van der Waals surface area contributed by atoms with Crippen LogP contribution in [-0.4, -0.2) is 42.7 Å². The highest BCUT2D eigenvalue weighted by Gasteiger charge is 2.22. The number of carbonyl (C=O) groups is 1. The maximum Gasteiger partial charge on any atom is 0.317 e. The third-order valence-electron chi connectivity index (χ3n) is 4.49. The van der Waals surface area contributed by atoms with Gasteiger partial charge in [-0.05, 0) is 57.7 Å². The van der Waals surface area contributed by atoms with E-state index in [9.17, 15) is 4.79 Å². The Hall–Kier alpha value is -1.75. The van der Waals surface area contributed by atoms with Crippen LogP contribution in [0.1, 0.15) is 44.7 Å². The zero-order chi connectivity index (χ0) is 17.5. The average molecular weight is 333 g/mol. The van der Waals surface area contributed by atoms with E-state index in [-0.39, 0.29) is 12.1 Å². The van der Waals surface area contributed by atoms with Gasteiger partial charge in [-0.2, -0.15) is 0 Å². The number of ether oxygens (including phenoxy) is 1. The molecule has 2 N–H and O–H groups in total. The number of hydrogen-bond donors (Lipinski definition) is 2. The number of carbonyl (C=O) groups excluding carboxylic acids is 1. The molecule has 0 unspecified atom stereocenters. The topological polar surface area (TPSA) is 53.6 Å². The van der Waals surface area contributed by atoms with Crippen molar-refractivity contribution >= 4 is 11.7 Å². The van der Waals surface area contributed by atoms with Crippen LogP contribution in [0.3, 0.4) is 0 Å². The summed E-state index contributed by atoms with van der Waals surface area (Å²) in [5, 5.41) is 6.53. The summed E-state index contributed by atoms with van der Waals surface area (Å²) in [7, 11) is 0. The number of rotatable bonds is 6. The molecule has 0 aliphatic carbocycles. The van der Waals surface area contributed by atoms with Crippen LogP contribution in [0.2, 0.25) is 0 Å². The number of urea groups is 1. The van der Waals surface area contributed by atoms with Crippen LogP contribution in [0, 0.1) is 6.92 Å². The van der Waals surface area contributed by atoms with Crippen LogP contribution in [0.15, 0.2) is 18.2 Å². The molecule has 0 aromatic heterocycles. The summed E-state index contributed by atoms with van der Waals surface area (Å²) in [6.07, 6.45) is 2.19. The molecule has 1 heterocycles. The minimum Gasteiger partial charge on any atom is -0.382 e. The molecule has 5 nitrogen and oxygen atoms in total. The van der Waals surface area contributed by atoms with Gasteiger partial charge >= 0.3 is 6.03 Å². The van der Waals surface area contributed by atoms with Gasteiger partial charge in [-0.1, -0.05) is 12.1 Å². The molecular formula is C19H31N3O2. The predicted octanol–water partition coefficient (Wildman–Crippen LogP) is 3.53. The van der Waals surface area contributed by atoms with E-state index in [4.69, 9.17) is 4.74 Å². The van der Waals surface area contributed by atoms with Crippen molar-refractivity contribution in [2.75, 3.05) is 25.0 Å². The summed E-state index contributed by atoms with van der Waals surface area (Å²) in [6, 6.07) is 6.80. The first-order valence-electron chi connectivity index (χ1n) is 9.00. The van der Waals surface area contributed by atoms with E-state index in [0.717, 1.165) is 25.9 Å². The molecule has 134 valence electrons. The highest BCUT2D eigenvalue weighted by atomic mass is 16.5. The van der Waals surface area contributed by atoms with Crippen molar-refractivity contribution in [2.45, 2.75) is 59.3 Å². The van der Waals surface area contributed by atoms with E-state index < -0.39 is 0 Å². The fourth-order valence-electron chi connectivity index (χ4n) is 2.96. The molecule has 1 fully saturated rings. The number of benzene rings is 1. The molecule has 0 saturated carbocycles. The van der Waals surface area contributed by atoms with Crippen molar-refractivity contribution < 1.29 is 9.53 Å². The van der Waals surface area contributed by atoms with Gasteiger partial charge < -0.3 is 20.3 Å². The van der Waals surface area contributed by atoms with Gasteiger partial charge in [0.1, 0.15) is 0 Å². The standard InChI is InChI=1S/C19H31N3O2/c1-5-20-19(23)22-11-9-17(10-12-22)21-18-8-6-7-16(15(18)4)13-24-14(2)3/h6-8,14,17,21H,5,9-13H2,1-4H3,(H,20,23). The summed E-state index contributed by atoms with van der Waals surface area (Å²) >= 11 is 0. The lowest BCUT2D eigenvalue weighted by Gasteiger charge is -2.33. The Morgan fingerprint density at radius 2 is 2.04 bits per heavy atom. The lowest BCUT2D eigenvalue weighted by atomic mass is 10.0. The van der Waals surface area contributed by atoms with Crippen molar-refractivity contribution in [1.82, 2.24) is 10.2 Å². The summed E-state index contributed by atoms with van der Waals surface area (Å²) < 4.78 is 5.74. The average Bonchev–Trinajstić information content (AvgIpc) is 2.56. The molecule has 1 saturated heterocycles. The Balaban J connectivity index is 1.90. The largest absolute Gasteiger partial charge is 0.382 e. The summed E-state index contributed by atoms with van der Waals surface area (Å²) in [6.45, 7) is 11.1. The van der Waals surface area contributed by atoms with E-state index in [1.54, 1.807) is 0 Å². The lowest BCUT2D eigenvalue weighted by molar-refractivity contribution is 0.0654. The molecule has 0 bridgehead atoms. The second-order valence-electron chi connectivity index (χ2n) is 6.69. The van der Waals surface area contributed by atoms with E-state index in [1.807, 2.05) is 11.8 Å². The fraction of sp³-hybridized carbons (Fsp3) is 0.632. The molecule has 0 atom stereocenters. The Morgan fingerprint density at radius 3 is 2.67 bits per heavy atom. The van der Waals surface area contributed by atoms with Crippen LogP contribution in [-0.2, 0) is 11.3 Å². The molecule has 0 radical (unpaired) electrons. The van der Waals surface area contributed by atoms with E-state index in [1.165, 1.54) is 16.8 Å². The number of likely N-dealkylation sites (tertiary alicyclic amines) is 1. The molecule has 24 heavy (non-hydrogen) atoms. The van der Waals surface area contributed by atoms with Gasteiger partial charge in [-0.3, -0.25) is 0 Å². The second kappa shape index (κ2) is 8.92. The highest BCUT2D eigenvalue weighted by Crippen LogP contribution is 2.23. The normalized spacial score (nSPS) is 15.6. The zero-order valence-corrected chi connectivity index (χ0v) is 15.4. The number of piperidine rings is 1. The Labute approximate surface area is 145 Å². The van der Waals surface area contributed by atoms with Crippen molar-refractivity contribution in [1.29, 1.82) is 0 Å². The predicted molar refractivity (Wildman–Crippen MR) is 98.4 cm³/mol. The molecule has 0 spiro atoms. The van der Waals surface area contributed by atoms with Crippen LogP contribution in [0.5, 0.6) is 0 Å². The lowest BCUT2D eigenvalue weighted by Crippen LogP contribution is -2.46. The summed E-state index contributed by atoms with van der Waals surface area (Å²) in [4.78, 5) is 13.8. The first kappa shape index (κ1) is 18.6. The summed E-state index contributed by atoms with van der Waals surface area (Å²) in [5.41, 5.74) is 3.66. The van der Waals surface area contributed by atoms with Gasteiger partial charge in [0, 0.05) is 31.4 Å². The maximum absolute atomic E-state index is 11.9. The van der Waals surface area contributed by atoms with Gasteiger partial charge in [-0.15, -0.1) is 0 Å². The smallest absolute Gasteiger partial charge is 0.317 e. The van der Waals surface area contributed by atoms with Crippen LogP contribution < -0.4 is 10.6 Å². The van der Waals surface area contributed by atoms with Crippen LogP contribution in [0.4, 0.5) is 10.5 Å². The SMILES string of the molecule is CCNC(=O)N1CCC(Nc2cccc(COC(C)C)c2C)CC1. The van der Waals surface area contributed by atoms with E-state index in [0.29, 0.717) is 19.2 Å². The monoisotopic (exact) mass is 333 g/mol. The zero-order valence-electron chi connectivity index (χ0n) is 15.4. The van der Waals surface area contributed by atoms with Gasteiger partial charge in [0.25, 0.3) is 0 Å². The van der Waals surface area contributed by atoms with E-state index in [2.05, 4.69) is 49.6 Å². The minimum atomic E-state index is 0.0555. The van der Waals surface area contributed by atoms with Crippen molar-refractivity contribution in [3.8, 4) is 0 Å². The molecule has 5 heteroatoms. The number of amides is 2. The molecule has 1 aromatic carbocycles. The minimum absolute atomic E-state index is 0.0555. The first-order valence-corrected chi connectivity index (χ1v) is 9.00. The molecule has 2 amide bonds. The molecule has 2 rings (SSSR count). The Morgan fingerprint density at radius 1 is 1.33 bits per heavy atom. The van der Waals surface area contributed by atoms with Gasteiger partial charge in [-0.25, -0.2) is 4.79 Å². The number of nitrogens with one attached hydrogen (secondary N) is 2. The number of anilines is 1. The first-order chi connectivity index (χ1) is 11.5. The van der Waals surface area contributed by atoms with Crippen LogP contribution >= 0.6 is 0 Å². The quantitative estimate of drug-likeness (QED) is 0.837. The van der Waals surface area contributed by atoms with Crippen molar-refractivity contribution in [2.24, 2.45) is 0 Å². The Kier molecular flexibility index (Phi) is 6.91. The summed E-state index contributed by atoms with van der Waals surface area (Å²) in [5.74, 6) is 0. The highest BCUT2D eigenvalue weighted by molar-refractivity contribution is 5.74. The number of hydrogen-bond acceptors (Lipinski definition) is 3. The van der Waals surface area contributed by atoms with Gasteiger partial charge in [0.2, 0.25) is 0 Å². The fourth-order valence-corrected chi connectivity index (χ4v) is 2.96. The molecule has 1 aliphatic rings. The second-order valence-corrected chi connectivity index (χ2v) is 6.69. The molecular weight excluding hydrogens is 302 g/mol. The maximum atomic E-state index is 11.9. The number of nitrogens with zero attached hydrogens (tertiary/aromatic N) is 1. The molecule has 1 aliphatic heterocycles. The third-order valence-corrected chi connectivity index (χ3v) is 4.49. The Bertz CT molecular complexity index is 537. The van der Waals surface area contributed by atoms with E-state index >= 15 is 0 Å².